The summed E-state index contributed by atoms with van der Waals surface area (Å²) in [5.74, 6) is 0.904. The Kier molecular flexibility index (Phi) is 4.04. The van der Waals surface area contributed by atoms with E-state index in [1.807, 2.05) is 61.5 Å². The molecular formula is C20H19N5. The molecule has 0 fully saturated rings. The summed E-state index contributed by atoms with van der Waals surface area (Å²) in [4.78, 5) is 12.2. The van der Waals surface area contributed by atoms with Crippen LogP contribution in [0.4, 0.5) is 17.1 Å². The van der Waals surface area contributed by atoms with Crippen LogP contribution in [0.1, 0.15) is 11.5 Å². The lowest BCUT2D eigenvalue weighted by Crippen LogP contribution is -2.01. The Hall–Kier alpha value is -3.34. The number of nitrogens with zero attached hydrogens (tertiary/aromatic N) is 2. The minimum atomic E-state index is 0.638. The predicted octanol–water partition coefficient (Wildman–Crippen LogP) is 4.62. The molecule has 4 rings (SSSR count). The molecule has 0 aliphatic carbocycles. The number of nitrogens with one attached hydrogen (secondary N) is 3. The second kappa shape index (κ2) is 6.65. The van der Waals surface area contributed by atoms with Crippen molar-refractivity contribution >= 4 is 28.1 Å². The molecule has 3 N–H and O–H groups in total. The highest BCUT2D eigenvalue weighted by atomic mass is 15.0. The van der Waals surface area contributed by atoms with Gasteiger partial charge in [0.1, 0.15) is 5.82 Å². The van der Waals surface area contributed by atoms with Gasteiger partial charge in [-0.2, -0.15) is 0 Å². The standard InChI is InChI=1S/C20H19N5/c1-14-11-16(9-10-21-14)22-13-20-24-18-8-7-17(12-19(18)25-20)23-15-5-3-2-4-6-15/h2-12,23H,13H2,1H3,(H,21,22)(H,24,25). The van der Waals surface area contributed by atoms with E-state index in [2.05, 4.69) is 31.7 Å². The zero-order valence-corrected chi connectivity index (χ0v) is 14.0. The van der Waals surface area contributed by atoms with Crippen LogP contribution in [0, 0.1) is 6.92 Å². The Bertz CT molecular complexity index is 991. The van der Waals surface area contributed by atoms with Crippen LogP contribution >= 0.6 is 0 Å². The third-order valence-corrected chi connectivity index (χ3v) is 3.95. The maximum absolute atomic E-state index is 4.64. The maximum Gasteiger partial charge on any atom is 0.126 e. The first-order chi connectivity index (χ1) is 12.3. The van der Waals surface area contributed by atoms with Crippen LogP contribution in [0.25, 0.3) is 11.0 Å². The number of aromatic amines is 1. The molecule has 4 aromatic rings. The number of fused-ring (bicyclic) bond motifs is 1. The minimum Gasteiger partial charge on any atom is -0.378 e. The van der Waals surface area contributed by atoms with Crippen molar-refractivity contribution in [1.29, 1.82) is 0 Å². The molecule has 0 saturated heterocycles. The van der Waals surface area contributed by atoms with Crippen LogP contribution in [0.2, 0.25) is 0 Å². The van der Waals surface area contributed by atoms with Crippen molar-refractivity contribution in [2.45, 2.75) is 13.5 Å². The van der Waals surface area contributed by atoms with E-state index in [-0.39, 0.29) is 0 Å². The number of anilines is 3. The summed E-state index contributed by atoms with van der Waals surface area (Å²) in [6.45, 7) is 2.62. The number of aromatic nitrogens is 3. The number of H-pyrrole nitrogens is 1. The molecular weight excluding hydrogens is 310 g/mol. The summed E-state index contributed by atoms with van der Waals surface area (Å²) < 4.78 is 0. The second-order valence-electron chi connectivity index (χ2n) is 5.95. The fourth-order valence-corrected chi connectivity index (χ4v) is 2.75. The lowest BCUT2D eigenvalue weighted by Gasteiger charge is -2.05. The first-order valence-corrected chi connectivity index (χ1v) is 8.23. The Labute approximate surface area is 146 Å². The van der Waals surface area contributed by atoms with Crippen molar-refractivity contribution in [2.24, 2.45) is 0 Å². The van der Waals surface area contributed by atoms with Crippen molar-refractivity contribution in [3.05, 3.63) is 78.4 Å². The number of imidazole rings is 1. The molecule has 124 valence electrons. The average Bonchev–Trinajstić information content (AvgIpc) is 3.03. The molecule has 5 nitrogen and oxygen atoms in total. The third-order valence-electron chi connectivity index (χ3n) is 3.95. The number of aryl methyl sites for hydroxylation is 1. The molecule has 0 radical (unpaired) electrons. The van der Waals surface area contributed by atoms with Gasteiger partial charge in [0.2, 0.25) is 0 Å². The predicted molar refractivity (Wildman–Crippen MR) is 102 cm³/mol. The maximum atomic E-state index is 4.64. The van der Waals surface area contributed by atoms with Gasteiger partial charge in [0.05, 0.1) is 17.6 Å². The lowest BCUT2D eigenvalue weighted by molar-refractivity contribution is 1.01. The molecule has 2 aromatic carbocycles. The van der Waals surface area contributed by atoms with Crippen molar-refractivity contribution in [3.8, 4) is 0 Å². The van der Waals surface area contributed by atoms with Gasteiger partial charge in [0, 0.05) is 29.0 Å². The van der Waals surface area contributed by atoms with Crippen molar-refractivity contribution in [3.63, 3.8) is 0 Å². The molecule has 5 heteroatoms. The van der Waals surface area contributed by atoms with Gasteiger partial charge in [-0.25, -0.2) is 4.98 Å². The third kappa shape index (κ3) is 3.61. The summed E-state index contributed by atoms with van der Waals surface area (Å²) in [5, 5.41) is 6.77. The van der Waals surface area contributed by atoms with Crippen LogP contribution in [0.15, 0.2) is 66.9 Å². The molecule has 0 saturated carbocycles. The highest BCUT2D eigenvalue weighted by molar-refractivity contribution is 5.80. The second-order valence-corrected chi connectivity index (χ2v) is 5.95. The monoisotopic (exact) mass is 329 g/mol. The van der Waals surface area contributed by atoms with Crippen LogP contribution in [0.5, 0.6) is 0 Å². The summed E-state index contributed by atoms with van der Waals surface area (Å²) in [5.41, 5.74) is 6.11. The molecule has 25 heavy (non-hydrogen) atoms. The molecule has 0 unspecified atom stereocenters. The van der Waals surface area contributed by atoms with E-state index in [0.717, 1.165) is 39.6 Å². The fourth-order valence-electron chi connectivity index (χ4n) is 2.75. The fraction of sp³-hybridized carbons (Fsp3) is 0.100. The van der Waals surface area contributed by atoms with Crippen LogP contribution in [-0.4, -0.2) is 15.0 Å². The van der Waals surface area contributed by atoms with Gasteiger partial charge in [0.15, 0.2) is 0 Å². The van der Waals surface area contributed by atoms with Crippen molar-refractivity contribution in [2.75, 3.05) is 10.6 Å². The largest absolute Gasteiger partial charge is 0.378 e. The zero-order valence-electron chi connectivity index (χ0n) is 14.0. The van der Waals surface area contributed by atoms with E-state index in [1.165, 1.54) is 0 Å². The van der Waals surface area contributed by atoms with Gasteiger partial charge >= 0.3 is 0 Å². The van der Waals surface area contributed by atoms with E-state index >= 15 is 0 Å². The highest BCUT2D eigenvalue weighted by Gasteiger charge is 2.04. The molecule has 0 amide bonds. The molecule has 0 bridgehead atoms. The number of para-hydroxylation sites is 1. The highest BCUT2D eigenvalue weighted by Crippen LogP contribution is 2.21. The molecule has 0 spiro atoms. The number of hydrogen-bond donors (Lipinski definition) is 3. The Balaban J connectivity index is 1.50. The van der Waals surface area contributed by atoms with Crippen molar-refractivity contribution < 1.29 is 0 Å². The Morgan fingerprint density at radius 2 is 1.80 bits per heavy atom. The zero-order chi connectivity index (χ0) is 17.1. The number of hydrogen-bond acceptors (Lipinski definition) is 4. The van der Waals surface area contributed by atoms with Gasteiger partial charge in [-0.3, -0.25) is 4.98 Å². The molecule has 0 aliphatic rings. The smallest absolute Gasteiger partial charge is 0.126 e. The first kappa shape index (κ1) is 15.2. The van der Waals surface area contributed by atoms with E-state index in [1.54, 1.807) is 6.20 Å². The van der Waals surface area contributed by atoms with Crippen LogP contribution in [-0.2, 0) is 6.54 Å². The Morgan fingerprint density at radius 1 is 0.920 bits per heavy atom. The summed E-state index contributed by atoms with van der Waals surface area (Å²) in [6, 6.07) is 20.2. The van der Waals surface area contributed by atoms with Gasteiger partial charge in [-0.1, -0.05) is 18.2 Å². The topological polar surface area (TPSA) is 65.6 Å². The SMILES string of the molecule is Cc1cc(NCc2nc3ccc(Nc4ccccc4)cc3[nH]2)ccn1. The normalized spacial score (nSPS) is 10.8. The van der Waals surface area contributed by atoms with E-state index in [0.29, 0.717) is 6.54 Å². The molecule has 0 aliphatic heterocycles. The van der Waals surface area contributed by atoms with Crippen LogP contribution < -0.4 is 10.6 Å². The van der Waals surface area contributed by atoms with Crippen molar-refractivity contribution in [1.82, 2.24) is 15.0 Å². The molecule has 2 aromatic heterocycles. The van der Waals surface area contributed by atoms with E-state index in [9.17, 15) is 0 Å². The number of rotatable bonds is 5. The average molecular weight is 329 g/mol. The lowest BCUT2D eigenvalue weighted by atomic mass is 10.2. The van der Waals surface area contributed by atoms with Gasteiger partial charge < -0.3 is 15.6 Å². The van der Waals surface area contributed by atoms with E-state index in [4.69, 9.17) is 0 Å². The van der Waals surface area contributed by atoms with Gasteiger partial charge in [-0.15, -0.1) is 0 Å². The summed E-state index contributed by atoms with van der Waals surface area (Å²) >= 11 is 0. The minimum absolute atomic E-state index is 0.638. The van der Waals surface area contributed by atoms with Gasteiger partial charge in [-0.05, 0) is 49.4 Å². The van der Waals surface area contributed by atoms with Crippen LogP contribution in [0.3, 0.4) is 0 Å². The van der Waals surface area contributed by atoms with Gasteiger partial charge in [0.25, 0.3) is 0 Å². The number of pyridine rings is 1. The van der Waals surface area contributed by atoms with E-state index < -0.39 is 0 Å². The number of benzene rings is 2. The molecule has 0 atom stereocenters. The molecule has 2 heterocycles. The Morgan fingerprint density at radius 3 is 2.64 bits per heavy atom. The quantitative estimate of drug-likeness (QED) is 0.500. The summed E-state index contributed by atoms with van der Waals surface area (Å²) in [7, 11) is 0. The summed E-state index contributed by atoms with van der Waals surface area (Å²) in [6.07, 6.45) is 1.80. The first-order valence-electron chi connectivity index (χ1n) is 8.23.